The molecule has 3 heterocycles. The molecule has 4 N–H and O–H groups in total. The van der Waals surface area contributed by atoms with E-state index in [0.29, 0.717) is 36.1 Å². The number of benzene rings is 1. The standard InChI is InChI=1S/C24H29FN6O/c1-15-13-16(7-10-27-15)20-14-28-22(29-20)23(32)30-19-6-4-5-18(25)21(19)31-11-8-17(9-12-31)24(2,3)26/h4-7,10,13-14,17H,8-9,11-12,26H2,1-3H3,(H,28,29)(H,30,32). The second-order valence-corrected chi connectivity index (χ2v) is 8.99. The first-order valence-corrected chi connectivity index (χ1v) is 10.8. The second-order valence-electron chi connectivity index (χ2n) is 8.99. The predicted molar refractivity (Wildman–Crippen MR) is 124 cm³/mol. The molecular weight excluding hydrogens is 407 g/mol. The second kappa shape index (κ2) is 8.70. The number of aryl methyl sites for hydroxylation is 1. The van der Waals surface area contributed by atoms with Gasteiger partial charge in [-0.1, -0.05) is 6.07 Å². The summed E-state index contributed by atoms with van der Waals surface area (Å²) in [6.45, 7) is 7.33. The third kappa shape index (κ3) is 4.65. The lowest BCUT2D eigenvalue weighted by molar-refractivity contribution is 0.101. The van der Waals surface area contributed by atoms with Crippen LogP contribution in [0.1, 0.15) is 43.0 Å². The van der Waals surface area contributed by atoms with Crippen molar-refractivity contribution in [2.75, 3.05) is 23.3 Å². The van der Waals surface area contributed by atoms with Gasteiger partial charge in [-0.3, -0.25) is 9.78 Å². The van der Waals surface area contributed by atoms with E-state index in [9.17, 15) is 9.18 Å². The summed E-state index contributed by atoms with van der Waals surface area (Å²) in [4.78, 5) is 26.4. The number of nitrogens with two attached hydrogens (primary N) is 1. The maximum Gasteiger partial charge on any atom is 0.291 e. The summed E-state index contributed by atoms with van der Waals surface area (Å²) in [5, 5.41) is 2.83. The summed E-state index contributed by atoms with van der Waals surface area (Å²) >= 11 is 0. The fourth-order valence-corrected chi connectivity index (χ4v) is 4.26. The number of halogens is 1. The molecule has 1 aromatic carbocycles. The van der Waals surface area contributed by atoms with Crippen LogP contribution in [0.15, 0.2) is 42.7 Å². The Bertz CT molecular complexity index is 1110. The van der Waals surface area contributed by atoms with Crippen molar-refractivity contribution in [1.29, 1.82) is 0 Å². The molecule has 8 heteroatoms. The largest absolute Gasteiger partial charge is 0.367 e. The van der Waals surface area contributed by atoms with E-state index in [4.69, 9.17) is 5.73 Å². The Morgan fingerprint density at radius 2 is 2.03 bits per heavy atom. The van der Waals surface area contributed by atoms with Crippen LogP contribution in [-0.4, -0.2) is 39.5 Å². The molecule has 0 unspecified atom stereocenters. The third-order valence-corrected chi connectivity index (χ3v) is 6.08. The van der Waals surface area contributed by atoms with Gasteiger partial charge in [0.15, 0.2) is 5.82 Å². The maximum atomic E-state index is 14.8. The lowest BCUT2D eigenvalue weighted by atomic mass is 9.81. The number of piperidine rings is 1. The van der Waals surface area contributed by atoms with Gasteiger partial charge < -0.3 is 20.9 Å². The first-order valence-electron chi connectivity index (χ1n) is 10.8. The van der Waals surface area contributed by atoms with Crippen molar-refractivity contribution in [1.82, 2.24) is 15.0 Å². The van der Waals surface area contributed by atoms with Crippen molar-refractivity contribution < 1.29 is 9.18 Å². The minimum absolute atomic E-state index is 0.160. The molecule has 32 heavy (non-hydrogen) atoms. The molecule has 4 rings (SSSR count). The molecule has 0 bridgehead atoms. The number of hydrogen-bond acceptors (Lipinski definition) is 5. The summed E-state index contributed by atoms with van der Waals surface area (Å²) in [6.07, 6.45) is 5.12. The number of pyridine rings is 1. The molecule has 0 saturated carbocycles. The molecule has 2 aromatic heterocycles. The zero-order chi connectivity index (χ0) is 22.9. The average Bonchev–Trinajstić information content (AvgIpc) is 3.24. The molecular formula is C24H29FN6O. The first-order chi connectivity index (χ1) is 15.2. The van der Waals surface area contributed by atoms with Crippen LogP contribution in [0.5, 0.6) is 0 Å². The van der Waals surface area contributed by atoms with Crippen molar-refractivity contribution in [2.24, 2.45) is 11.7 Å². The summed E-state index contributed by atoms with van der Waals surface area (Å²) in [7, 11) is 0. The lowest BCUT2D eigenvalue weighted by Crippen LogP contribution is -2.47. The van der Waals surface area contributed by atoms with Crippen LogP contribution in [0.25, 0.3) is 11.3 Å². The van der Waals surface area contributed by atoms with E-state index in [0.717, 1.165) is 24.1 Å². The number of carbonyl (C=O) groups is 1. The lowest BCUT2D eigenvalue weighted by Gasteiger charge is -2.40. The van der Waals surface area contributed by atoms with Gasteiger partial charge in [-0.25, -0.2) is 9.37 Å². The van der Waals surface area contributed by atoms with Crippen molar-refractivity contribution in [3.63, 3.8) is 0 Å². The van der Waals surface area contributed by atoms with Gasteiger partial charge in [0, 0.05) is 42.3 Å². The Kier molecular flexibility index (Phi) is 5.97. The molecule has 0 radical (unpaired) electrons. The van der Waals surface area contributed by atoms with E-state index in [2.05, 4.69) is 20.3 Å². The van der Waals surface area contributed by atoms with Crippen molar-refractivity contribution in [2.45, 2.75) is 39.2 Å². The van der Waals surface area contributed by atoms with E-state index in [1.165, 1.54) is 6.07 Å². The Labute approximate surface area is 187 Å². The molecule has 1 saturated heterocycles. The molecule has 1 amide bonds. The number of rotatable bonds is 5. The highest BCUT2D eigenvalue weighted by Gasteiger charge is 2.31. The minimum atomic E-state index is -0.424. The summed E-state index contributed by atoms with van der Waals surface area (Å²) in [5.74, 6) is -0.247. The number of nitrogens with one attached hydrogen (secondary N) is 2. The van der Waals surface area contributed by atoms with Gasteiger partial charge in [-0.2, -0.15) is 0 Å². The number of aromatic amines is 1. The fraction of sp³-hybridized carbons (Fsp3) is 0.375. The Morgan fingerprint density at radius 1 is 1.28 bits per heavy atom. The number of imidazole rings is 1. The normalized spacial score (nSPS) is 15.1. The van der Waals surface area contributed by atoms with E-state index in [1.54, 1.807) is 24.5 Å². The molecule has 3 aromatic rings. The van der Waals surface area contributed by atoms with Crippen molar-refractivity contribution >= 4 is 17.3 Å². The van der Waals surface area contributed by atoms with Crippen molar-refractivity contribution in [3.8, 4) is 11.3 Å². The third-order valence-electron chi connectivity index (χ3n) is 6.08. The Morgan fingerprint density at radius 3 is 2.72 bits per heavy atom. The van der Waals surface area contributed by atoms with Gasteiger partial charge in [-0.15, -0.1) is 0 Å². The van der Waals surface area contributed by atoms with Gasteiger partial charge in [-0.05, 0) is 63.8 Å². The highest BCUT2D eigenvalue weighted by molar-refractivity contribution is 6.04. The van der Waals surface area contributed by atoms with E-state index in [1.807, 2.05) is 37.8 Å². The summed E-state index contributed by atoms with van der Waals surface area (Å²) < 4.78 is 14.8. The molecule has 1 fully saturated rings. The SMILES string of the molecule is Cc1cc(-c2c[nH]c(C(=O)Nc3cccc(F)c3N3CCC(C(C)(C)N)CC3)n2)ccn1. The number of H-pyrrole nitrogens is 1. The quantitative estimate of drug-likeness (QED) is 0.559. The molecule has 0 atom stereocenters. The predicted octanol–water partition coefficient (Wildman–Crippen LogP) is 4.13. The number of anilines is 2. The smallest absolute Gasteiger partial charge is 0.291 e. The van der Waals surface area contributed by atoms with Crippen molar-refractivity contribution in [3.05, 3.63) is 60.1 Å². The number of amides is 1. The zero-order valence-electron chi connectivity index (χ0n) is 18.7. The highest BCUT2D eigenvalue weighted by atomic mass is 19.1. The topological polar surface area (TPSA) is 99.9 Å². The van der Waals surface area contributed by atoms with Gasteiger partial charge in [0.05, 0.1) is 17.1 Å². The van der Waals surface area contributed by atoms with Gasteiger partial charge in [0.2, 0.25) is 0 Å². The summed E-state index contributed by atoms with van der Waals surface area (Å²) in [6, 6.07) is 8.46. The summed E-state index contributed by atoms with van der Waals surface area (Å²) in [5.41, 5.74) is 9.22. The van der Waals surface area contributed by atoms with Gasteiger partial charge >= 0.3 is 0 Å². The number of carbonyl (C=O) groups excluding carboxylic acids is 1. The number of para-hydroxylation sites is 1. The van der Waals surface area contributed by atoms with Gasteiger partial charge in [0.25, 0.3) is 5.91 Å². The van der Waals surface area contributed by atoms with Crippen LogP contribution in [-0.2, 0) is 0 Å². The molecule has 0 spiro atoms. The van der Waals surface area contributed by atoms with Gasteiger partial charge in [0.1, 0.15) is 5.82 Å². The fourth-order valence-electron chi connectivity index (χ4n) is 4.26. The van der Waals surface area contributed by atoms with Crippen LogP contribution >= 0.6 is 0 Å². The number of hydrogen-bond donors (Lipinski definition) is 3. The van der Waals surface area contributed by atoms with Crippen LogP contribution in [0.4, 0.5) is 15.8 Å². The van der Waals surface area contributed by atoms with Crippen LogP contribution < -0.4 is 16.0 Å². The first kappa shape index (κ1) is 22.0. The monoisotopic (exact) mass is 436 g/mol. The van der Waals surface area contributed by atoms with E-state index in [-0.39, 0.29) is 17.2 Å². The molecule has 1 aliphatic rings. The highest BCUT2D eigenvalue weighted by Crippen LogP contribution is 2.35. The van der Waals surface area contributed by atoms with Crippen LogP contribution in [0, 0.1) is 18.7 Å². The Balaban J connectivity index is 1.52. The van der Waals surface area contributed by atoms with Crippen LogP contribution in [0.2, 0.25) is 0 Å². The maximum absolute atomic E-state index is 14.8. The van der Waals surface area contributed by atoms with E-state index < -0.39 is 5.91 Å². The number of nitrogens with zero attached hydrogens (tertiary/aromatic N) is 3. The molecule has 7 nitrogen and oxygen atoms in total. The van der Waals surface area contributed by atoms with E-state index >= 15 is 0 Å². The molecule has 168 valence electrons. The minimum Gasteiger partial charge on any atom is -0.367 e. The molecule has 0 aliphatic carbocycles. The van der Waals surface area contributed by atoms with Crippen LogP contribution in [0.3, 0.4) is 0 Å². The zero-order valence-corrected chi connectivity index (χ0v) is 18.7. The molecule has 1 aliphatic heterocycles. The number of aromatic nitrogens is 3. The average molecular weight is 437 g/mol. The Hall–Kier alpha value is -3.26.